The van der Waals surface area contributed by atoms with Crippen molar-refractivity contribution in [1.82, 2.24) is 10.2 Å². The standard InChI is InChI=1S/C33H27N3O6S2/c1-4-15-41-23-9-5-7-21(16-23)27-26(28(37)25-17-22-8-6-10-24(40-3)30(22)42-25)29(38)31(39)36(27)32-34-35-33(44-32)43-18-20-13-11-19(2)12-14-20/h4-14,16-17,27,38H,1,15,18H2,2-3H3. The summed E-state index contributed by atoms with van der Waals surface area (Å²) >= 11 is 2.69. The fraction of sp³-hybridized carbons (Fsp3) is 0.152. The van der Waals surface area contributed by atoms with E-state index in [0.29, 0.717) is 38.1 Å². The number of benzene rings is 3. The third-order valence-electron chi connectivity index (χ3n) is 7.03. The second kappa shape index (κ2) is 12.4. The topological polar surface area (TPSA) is 115 Å². The zero-order valence-electron chi connectivity index (χ0n) is 23.9. The number of anilines is 1. The Bertz CT molecular complexity index is 1910. The van der Waals surface area contributed by atoms with Gasteiger partial charge in [0.05, 0.1) is 18.7 Å². The minimum atomic E-state index is -1.03. The Morgan fingerprint density at radius 2 is 1.93 bits per heavy atom. The van der Waals surface area contributed by atoms with Crippen molar-refractivity contribution >= 4 is 50.9 Å². The highest BCUT2D eigenvalue weighted by atomic mass is 32.2. The number of para-hydroxylation sites is 1. The fourth-order valence-corrected chi connectivity index (χ4v) is 6.73. The van der Waals surface area contributed by atoms with E-state index in [0.717, 1.165) is 5.56 Å². The molecule has 3 aromatic carbocycles. The summed E-state index contributed by atoms with van der Waals surface area (Å²) in [7, 11) is 1.51. The second-order valence-electron chi connectivity index (χ2n) is 9.96. The van der Waals surface area contributed by atoms with Gasteiger partial charge in [-0.15, -0.1) is 10.2 Å². The lowest BCUT2D eigenvalue weighted by Gasteiger charge is -2.24. The highest BCUT2D eigenvalue weighted by Gasteiger charge is 2.47. The van der Waals surface area contributed by atoms with E-state index in [2.05, 4.69) is 28.9 Å². The van der Waals surface area contributed by atoms with Gasteiger partial charge in [-0.05, 0) is 42.3 Å². The number of furan rings is 1. The molecule has 0 aliphatic carbocycles. The van der Waals surface area contributed by atoms with Crippen molar-refractivity contribution in [1.29, 1.82) is 0 Å². The quantitative estimate of drug-likeness (QED) is 0.0702. The maximum Gasteiger partial charge on any atom is 0.296 e. The highest BCUT2D eigenvalue weighted by molar-refractivity contribution is 8.00. The number of ketones is 1. The number of rotatable bonds is 11. The zero-order chi connectivity index (χ0) is 30.8. The molecule has 1 aliphatic heterocycles. The maximum atomic E-state index is 14.1. The molecule has 0 saturated carbocycles. The number of aromatic nitrogens is 2. The number of aliphatic hydroxyl groups is 1. The Labute approximate surface area is 261 Å². The first kappa shape index (κ1) is 29.2. The Morgan fingerprint density at radius 3 is 2.70 bits per heavy atom. The van der Waals surface area contributed by atoms with Gasteiger partial charge < -0.3 is 19.0 Å². The molecule has 1 amide bonds. The monoisotopic (exact) mass is 625 g/mol. The van der Waals surface area contributed by atoms with Crippen LogP contribution in [-0.4, -0.2) is 40.7 Å². The zero-order valence-corrected chi connectivity index (χ0v) is 25.5. The largest absolute Gasteiger partial charge is 0.503 e. The van der Waals surface area contributed by atoms with Crippen LogP contribution < -0.4 is 14.4 Å². The van der Waals surface area contributed by atoms with Gasteiger partial charge in [0, 0.05) is 11.1 Å². The normalized spacial score (nSPS) is 14.8. The van der Waals surface area contributed by atoms with Gasteiger partial charge in [-0.25, -0.2) is 0 Å². The molecule has 0 bridgehead atoms. The number of Topliss-reactive ketones (excluding diaryl/α,β-unsaturated/α-hetero) is 1. The van der Waals surface area contributed by atoms with Crippen LogP contribution in [0.4, 0.5) is 5.13 Å². The molecule has 44 heavy (non-hydrogen) atoms. The van der Waals surface area contributed by atoms with Crippen LogP contribution in [0.1, 0.15) is 33.3 Å². The predicted molar refractivity (Wildman–Crippen MR) is 170 cm³/mol. The van der Waals surface area contributed by atoms with Crippen LogP contribution in [-0.2, 0) is 10.5 Å². The van der Waals surface area contributed by atoms with Gasteiger partial charge in [0.1, 0.15) is 12.4 Å². The summed E-state index contributed by atoms with van der Waals surface area (Å²) in [6, 6.07) is 21.0. The molecule has 222 valence electrons. The minimum absolute atomic E-state index is 0.0450. The molecular weight excluding hydrogens is 599 g/mol. The smallest absolute Gasteiger partial charge is 0.296 e. The molecule has 1 atom stereocenters. The minimum Gasteiger partial charge on any atom is -0.503 e. The Balaban J connectivity index is 1.38. The Kier molecular flexibility index (Phi) is 8.23. The first-order valence-electron chi connectivity index (χ1n) is 13.6. The van der Waals surface area contributed by atoms with Crippen molar-refractivity contribution in [3.8, 4) is 11.5 Å². The van der Waals surface area contributed by atoms with Gasteiger partial charge in [0.25, 0.3) is 5.91 Å². The average molecular weight is 626 g/mol. The molecule has 1 N–H and O–H groups in total. The van der Waals surface area contributed by atoms with Crippen molar-refractivity contribution < 1.29 is 28.6 Å². The number of thioether (sulfide) groups is 1. The number of fused-ring (bicyclic) bond motifs is 1. The molecule has 9 nitrogen and oxygen atoms in total. The number of hydrogen-bond donors (Lipinski definition) is 1. The molecule has 0 spiro atoms. The lowest BCUT2D eigenvalue weighted by atomic mass is 9.95. The molecule has 0 saturated heterocycles. The van der Waals surface area contributed by atoms with Crippen molar-refractivity contribution in [2.45, 2.75) is 23.1 Å². The summed E-state index contributed by atoms with van der Waals surface area (Å²) in [6.07, 6.45) is 1.62. The number of amides is 1. The number of methoxy groups -OCH3 is 1. The lowest BCUT2D eigenvalue weighted by Crippen LogP contribution is -2.31. The van der Waals surface area contributed by atoms with E-state index in [1.807, 2.05) is 19.1 Å². The van der Waals surface area contributed by atoms with Crippen LogP contribution in [0.3, 0.4) is 0 Å². The molecule has 1 unspecified atom stereocenters. The summed E-state index contributed by atoms with van der Waals surface area (Å²) in [5.41, 5.74) is 3.07. The van der Waals surface area contributed by atoms with Gasteiger partial charge in [0.15, 0.2) is 27.2 Å². The molecule has 6 rings (SSSR count). The number of aryl methyl sites for hydroxylation is 1. The Hall–Kier alpha value is -4.87. The van der Waals surface area contributed by atoms with Gasteiger partial charge in [-0.2, -0.15) is 0 Å². The average Bonchev–Trinajstić information content (AvgIpc) is 3.76. The van der Waals surface area contributed by atoms with Crippen molar-refractivity contribution in [3.05, 3.63) is 119 Å². The summed E-state index contributed by atoms with van der Waals surface area (Å²) in [5.74, 6) is -0.513. The van der Waals surface area contributed by atoms with Crippen LogP contribution >= 0.6 is 23.1 Å². The molecule has 11 heteroatoms. The summed E-state index contributed by atoms with van der Waals surface area (Å²) in [5, 5.41) is 20.7. The van der Waals surface area contributed by atoms with E-state index >= 15 is 0 Å². The molecule has 0 fully saturated rings. The molecular formula is C33H27N3O6S2. The molecule has 5 aromatic rings. The third kappa shape index (κ3) is 5.59. The van der Waals surface area contributed by atoms with Gasteiger partial charge in [-0.3, -0.25) is 14.5 Å². The second-order valence-corrected chi connectivity index (χ2v) is 12.1. The number of aliphatic hydroxyl groups excluding tert-OH is 1. The number of carbonyl (C=O) groups excluding carboxylic acids is 2. The van der Waals surface area contributed by atoms with Crippen molar-refractivity contribution in [2.24, 2.45) is 0 Å². The summed E-state index contributed by atoms with van der Waals surface area (Å²) < 4.78 is 17.7. The number of hydrogen-bond acceptors (Lipinski definition) is 10. The maximum absolute atomic E-state index is 14.1. The van der Waals surface area contributed by atoms with Gasteiger partial charge in [-0.1, -0.05) is 89.8 Å². The van der Waals surface area contributed by atoms with Crippen molar-refractivity contribution in [3.63, 3.8) is 0 Å². The van der Waals surface area contributed by atoms with E-state index in [9.17, 15) is 14.7 Å². The first-order valence-corrected chi connectivity index (χ1v) is 15.4. The first-order chi connectivity index (χ1) is 21.4. The number of nitrogens with zero attached hydrogens (tertiary/aromatic N) is 3. The summed E-state index contributed by atoms with van der Waals surface area (Å²) in [4.78, 5) is 29.1. The van der Waals surface area contributed by atoms with Gasteiger partial charge in [0.2, 0.25) is 10.9 Å². The van der Waals surface area contributed by atoms with Gasteiger partial charge >= 0.3 is 0 Å². The molecule has 2 aromatic heterocycles. The predicted octanol–water partition coefficient (Wildman–Crippen LogP) is 7.24. The molecule has 0 radical (unpaired) electrons. The van der Waals surface area contributed by atoms with E-state index in [1.54, 1.807) is 54.6 Å². The van der Waals surface area contributed by atoms with Crippen LogP contribution in [0.25, 0.3) is 11.0 Å². The number of carbonyl (C=O) groups is 2. The van der Waals surface area contributed by atoms with E-state index in [4.69, 9.17) is 13.9 Å². The number of ether oxygens (including phenoxy) is 2. The van der Waals surface area contributed by atoms with Crippen LogP contribution in [0.15, 0.2) is 106 Å². The van der Waals surface area contributed by atoms with E-state index in [1.165, 1.54) is 40.7 Å². The fourth-order valence-electron chi connectivity index (χ4n) is 4.91. The van der Waals surface area contributed by atoms with Crippen molar-refractivity contribution in [2.75, 3.05) is 18.6 Å². The molecule has 1 aliphatic rings. The van der Waals surface area contributed by atoms with E-state index in [-0.39, 0.29) is 23.1 Å². The third-order valence-corrected chi connectivity index (χ3v) is 9.16. The van der Waals surface area contributed by atoms with Crippen LogP contribution in [0, 0.1) is 6.92 Å². The Morgan fingerprint density at radius 1 is 1.14 bits per heavy atom. The van der Waals surface area contributed by atoms with Crippen LogP contribution in [0.2, 0.25) is 0 Å². The SMILES string of the molecule is C=CCOc1cccc(C2C(C(=O)c3cc4cccc(OC)c4o3)=C(O)C(=O)N2c2nnc(SCc3ccc(C)cc3)s2)c1. The lowest BCUT2D eigenvalue weighted by molar-refractivity contribution is -0.117. The molecule has 3 heterocycles. The van der Waals surface area contributed by atoms with E-state index < -0.39 is 23.5 Å². The van der Waals surface area contributed by atoms with Crippen LogP contribution in [0.5, 0.6) is 11.5 Å². The summed E-state index contributed by atoms with van der Waals surface area (Å²) in [6.45, 7) is 5.99. The highest BCUT2D eigenvalue weighted by Crippen LogP contribution is 2.45.